The van der Waals surface area contributed by atoms with Crippen molar-refractivity contribution in [3.05, 3.63) is 76.1 Å². The van der Waals surface area contributed by atoms with Crippen LogP contribution >= 0.6 is 11.3 Å². The summed E-state index contributed by atoms with van der Waals surface area (Å²) in [5.74, 6) is -0.0408. The van der Waals surface area contributed by atoms with Gasteiger partial charge in [-0.05, 0) is 34.4 Å². The molecule has 22 heavy (non-hydrogen) atoms. The van der Waals surface area contributed by atoms with Crippen LogP contribution in [0.5, 0.6) is 0 Å². The van der Waals surface area contributed by atoms with Crippen LogP contribution in [0.3, 0.4) is 0 Å². The number of fused-ring (bicyclic) bond motifs is 1. The minimum atomic E-state index is -0.406. The van der Waals surface area contributed by atoms with Crippen molar-refractivity contribution in [1.29, 1.82) is 0 Å². The van der Waals surface area contributed by atoms with E-state index in [1.807, 2.05) is 60.0 Å². The maximum Gasteiger partial charge on any atom is 0.363 e. The number of benzene rings is 2. The quantitative estimate of drug-likeness (QED) is 0.524. The monoisotopic (exact) mass is 305 g/mol. The molecule has 0 atom stereocenters. The van der Waals surface area contributed by atoms with Gasteiger partial charge in [-0.15, -0.1) is 11.3 Å². The molecule has 0 N–H and O–H groups in total. The van der Waals surface area contributed by atoms with Crippen LogP contribution in [0.15, 0.2) is 70.7 Å². The molecule has 0 radical (unpaired) electrons. The summed E-state index contributed by atoms with van der Waals surface area (Å²) in [7, 11) is 0. The Hall–Kier alpha value is -2.72. The van der Waals surface area contributed by atoms with Gasteiger partial charge < -0.3 is 4.74 Å². The van der Waals surface area contributed by atoms with Gasteiger partial charge in [0.2, 0.25) is 5.90 Å². The van der Waals surface area contributed by atoms with E-state index in [1.54, 1.807) is 17.4 Å². The second kappa shape index (κ2) is 5.24. The molecular formula is C18H11NO2S. The summed E-state index contributed by atoms with van der Waals surface area (Å²) >= 11 is 1.56. The summed E-state index contributed by atoms with van der Waals surface area (Å²) in [4.78, 5) is 17.4. The average Bonchev–Trinajstić information content (AvgIpc) is 3.18. The Kier molecular flexibility index (Phi) is 3.09. The number of carbonyl (C=O) groups excluding carboxylic acids is 1. The van der Waals surface area contributed by atoms with E-state index in [9.17, 15) is 4.79 Å². The van der Waals surface area contributed by atoms with Gasteiger partial charge in [-0.2, -0.15) is 0 Å². The Morgan fingerprint density at radius 3 is 2.73 bits per heavy atom. The average molecular weight is 305 g/mol. The second-order valence-corrected chi connectivity index (χ2v) is 5.86. The lowest BCUT2D eigenvalue weighted by atomic mass is 10.0. The number of hydrogen-bond acceptors (Lipinski definition) is 4. The van der Waals surface area contributed by atoms with Gasteiger partial charge in [0.1, 0.15) is 0 Å². The van der Waals surface area contributed by atoms with Crippen LogP contribution in [0.1, 0.15) is 10.4 Å². The number of rotatable bonds is 2. The van der Waals surface area contributed by atoms with Crippen molar-refractivity contribution in [1.82, 2.24) is 0 Å². The van der Waals surface area contributed by atoms with Gasteiger partial charge in [0.25, 0.3) is 0 Å². The molecule has 3 nitrogen and oxygen atoms in total. The third kappa shape index (κ3) is 2.23. The van der Waals surface area contributed by atoms with E-state index in [1.165, 1.54) is 0 Å². The van der Waals surface area contributed by atoms with Gasteiger partial charge in [0.05, 0.1) is 0 Å². The molecule has 1 aliphatic rings. The van der Waals surface area contributed by atoms with Gasteiger partial charge in [-0.25, -0.2) is 9.79 Å². The van der Waals surface area contributed by atoms with Gasteiger partial charge in [0.15, 0.2) is 5.70 Å². The first-order valence-corrected chi connectivity index (χ1v) is 7.73. The van der Waals surface area contributed by atoms with E-state index in [2.05, 4.69) is 4.99 Å². The van der Waals surface area contributed by atoms with Gasteiger partial charge in [0, 0.05) is 10.4 Å². The fourth-order valence-corrected chi connectivity index (χ4v) is 3.10. The molecule has 2 aromatic carbocycles. The predicted molar refractivity (Wildman–Crippen MR) is 88.9 cm³/mol. The van der Waals surface area contributed by atoms with Gasteiger partial charge in [-0.1, -0.05) is 42.5 Å². The van der Waals surface area contributed by atoms with Crippen LogP contribution in [0.4, 0.5) is 0 Å². The summed E-state index contributed by atoms with van der Waals surface area (Å²) in [6.07, 6.45) is 1.76. The Labute approximate surface area is 131 Å². The molecule has 0 amide bonds. The zero-order valence-corrected chi connectivity index (χ0v) is 12.3. The number of thiophene rings is 1. The van der Waals surface area contributed by atoms with Crippen molar-refractivity contribution in [2.75, 3.05) is 0 Å². The Balaban J connectivity index is 1.81. The fraction of sp³-hybridized carbons (Fsp3) is 0. The summed E-state index contributed by atoms with van der Waals surface area (Å²) in [5.41, 5.74) is 1.17. The lowest BCUT2D eigenvalue weighted by Crippen LogP contribution is -2.05. The lowest BCUT2D eigenvalue weighted by Gasteiger charge is -2.04. The molecule has 0 unspecified atom stereocenters. The molecule has 3 aromatic rings. The van der Waals surface area contributed by atoms with E-state index in [-0.39, 0.29) is 0 Å². The molecule has 106 valence electrons. The number of esters is 1. The van der Waals surface area contributed by atoms with E-state index in [0.29, 0.717) is 11.6 Å². The SMILES string of the molecule is O=C1OC(c2cccc3ccccc23)=NC1=Cc1cccs1. The highest BCUT2D eigenvalue weighted by Crippen LogP contribution is 2.25. The topological polar surface area (TPSA) is 38.7 Å². The highest BCUT2D eigenvalue weighted by Gasteiger charge is 2.25. The minimum Gasteiger partial charge on any atom is -0.402 e. The van der Waals surface area contributed by atoms with Crippen molar-refractivity contribution < 1.29 is 9.53 Å². The smallest absolute Gasteiger partial charge is 0.363 e. The van der Waals surface area contributed by atoms with Crippen LogP contribution in [-0.4, -0.2) is 11.9 Å². The number of ether oxygens (including phenoxy) is 1. The number of aliphatic imine (C=N–C) groups is 1. The molecule has 0 bridgehead atoms. The number of carbonyl (C=O) groups is 1. The maximum absolute atomic E-state index is 12.0. The molecule has 4 rings (SSSR count). The van der Waals surface area contributed by atoms with Crippen LogP contribution in [0.25, 0.3) is 16.8 Å². The third-order valence-electron chi connectivity index (χ3n) is 3.46. The van der Waals surface area contributed by atoms with Crippen LogP contribution in [-0.2, 0) is 9.53 Å². The van der Waals surface area contributed by atoms with E-state index < -0.39 is 5.97 Å². The fourth-order valence-electron chi connectivity index (χ4n) is 2.44. The van der Waals surface area contributed by atoms with E-state index >= 15 is 0 Å². The predicted octanol–water partition coefficient (Wildman–Crippen LogP) is 4.25. The van der Waals surface area contributed by atoms with Crippen molar-refractivity contribution >= 4 is 40.1 Å². The third-order valence-corrected chi connectivity index (χ3v) is 4.28. The summed E-state index contributed by atoms with van der Waals surface area (Å²) in [6.45, 7) is 0. The van der Waals surface area contributed by atoms with Crippen LogP contribution in [0.2, 0.25) is 0 Å². The molecule has 2 heterocycles. The number of nitrogens with zero attached hydrogens (tertiary/aromatic N) is 1. The molecule has 1 aliphatic heterocycles. The first kappa shape index (κ1) is 13.0. The zero-order chi connectivity index (χ0) is 14.9. The first-order valence-electron chi connectivity index (χ1n) is 6.85. The summed E-state index contributed by atoms with van der Waals surface area (Å²) < 4.78 is 5.36. The summed E-state index contributed by atoms with van der Waals surface area (Å²) in [5, 5.41) is 4.07. The molecule has 0 saturated carbocycles. The van der Waals surface area contributed by atoms with E-state index in [4.69, 9.17) is 4.74 Å². The van der Waals surface area contributed by atoms with Crippen molar-refractivity contribution in [2.24, 2.45) is 4.99 Å². The number of cyclic esters (lactones) is 1. The maximum atomic E-state index is 12.0. The van der Waals surface area contributed by atoms with E-state index in [0.717, 1.165) is 21.2 Å². The largest absolute Gasteiger partial charge is 0.402 e. The van der Waals surface area contributed by atoms with Gasteiger partial charge in [-0.3, -0.25) is 0 Å². The first-order chi connectivity index (χ1) is 10.8. The standard InChI is InChI=1S/C18H11NO2S/c20-18-16(11-13-7-4-10-22-13)19-17(21-18)15-9-3-6-12-5-1-2-8-14(12)15/h1-11H. The van der Waals surface area contributed by atoms with Crippen molar-refractivity contribution in [3.63, 3.8) is 0 Å². The Bertz CT molecular complexity index is 918. The minimum absolute atomic E-state index is 0.338. The Morgan fingerprint density at radius 1 is 1.00 bits per heavy atom. The molecule has 0 fully saturated rings. The van der Waals surface area contributed by atoms with Crippen LogP contribution < -0.4 is 0 Å². The second-order valence-electron chi connectivity index (χ2n) is 4.88. The molecule has 0 aliphatic carbocycles. The summed E-state index contributed by atoms with van der Waals surface area (Å²) in [6, 6.07) is 17.7. The highest BCUT2D eigenvalue weighted by atomic mass is 32.1. The lowest BCUT2D eigenvalue weighted by molar-refractivity contribution is -0.129. The molecule has 0 saturated heterocycles. The normalized spacial score (nSPS) is 16.1. The Morgan fingerprint density at radius 2 is 1.86 bits per heavy atom. The molecule has 0 spiro atoms. The molecule has 4 heteroatoms. The zero-order valence-electron chi connectivity index (χ0n) is 11.5. The number of hydrogen-bond donors (Lipinski definition) is 0. The van der Waals surface area contributed by atoms with Crippen molar-refractivity contribution in [3.8, 4) is 0 Å². The van der Waals surface area contributed by atoms with Crippen molar-refractivity contribution in [2.45, 2.75) is 0 Å². The van der Waals surface area contributed by atoms with Crippen LogP contribution in [0, 0.1) is 0 Å². The molecular weight excluding hydrogens is 294 g/mol. The van der Waals surface area contributed by atoms with Gasteiger partial charge >= 0.3 is 5.97 Å². The molecule has 1 aromatic heterocycles. The highest BCUT2D eigenvalue weighted by molar-refractivity contribution is 7.10.